The summed E-state index contributed by atoms with van der Waals surface area (Å²) in [5.41, 5.74) is 2.33. The van der Waals surface area contributed by atoms with E-state index in [0.717, 1.165) is 44.0 Å². The largest absolute Gasteiger partial charge is 0.481 e. The van der Waals surface area contributed by atoms with Gasteiger partial charge in [-0.15, -0.1) is 0 Å². The van der Waals surface area contributed by atoms with Gasteiger partial charge >= 0.3 is 0 Å². The lowest BCUT2D eigenvalue weighted by atomic mass is 10.2. The molecule has 2 aromatic rings. The zero-order valence-electron chi connectivity index (χ0n) is 14.9. The lowest BCUT2D eigenvalue weighted by Crippen LogP contribution is -2.51. The maximum atomic E-state index is 12.6. The molecule has 1 amide bonds. The van der Waals surface area contributed by atoms with E-state index < -0.39 is 6.10 Å². The van der Waals surface area contributed by atoms with Gasteiger partial charge in [0.2, 0.25) is 0 Å². The van der Waals surface area contributed by atoms with Crippen LogP contribution < -0.4 is 4.74 Å². The van der Waals surface area contributed by atoms with Crippen molar-refractivity contribution in [1.82, 2.24) is 14.8 Å². The maximum absolute atomic E-state index is 12.6. The number of amides is 1. The van der Waals surface area contributed by atoms with Gasteiger partial charge in [-0.25, -0.2) is 0 Å². The van der Waals surface area contributed by atoms with Crippen LogP contribution in [0.2, 0.25) is 0 Å². The van der Waals surface area contributed by atoms with Gasteiger partial charge in [-0.05, 0) is 43.2 Å². The fourth-order valence-electron chi connectivity index (χ4n) is 3.08. The fourth-order valence-corrected chi connectivity index (χ4v) is 3.08. The summed E-state index contributed by atoms with van der Waals surface area (Å²) >= 11 is 0. The highest BCUT2D eigenvalue weighted by atomic mass is 16.5. The average molecular weight is 339 g/mol. The van der Waals surface area contributed by atoms with Crippen LogP contribution in [0.4, 0.5) is 0 Å². The van der Waals surface area contributed by atoms with Crippen molar-refractivity contribution in [3.63, 3.8) is 0 Å². The monoisotopic (exact) mass is 339 g/mol. The van der Waals surface area contributed by atoms with Crippen LogP contribution in [0.25, 0.3) is 0 Å². The highest BCUT2D eigenvalue weighted by Crippen LogP contribution is 2.16. The molecule has 1 aliphatic rings. The molecule has 1 atom stereocenters. The molecule has 1 fully saturated rings. The molecule has 0 radical (unpaired) electrons. The first-order valence-corrected chi connectivity index (χ1v) is 8.75. The molecule has 1 aromatic carbocycles. The third-order valence-corrected chi connectivity index (χ3v) is 4.46. The van der Waals surface area contributed by atoms with Crippen molar-refractivity contribution < 1.29 is 9.53 Å². The highest BCUT2D eigenvalue weighted by molar-refractivity contribution is 5.81. The second-order valence-corrected chi connectivity index (χ2v) is 6.54. The SMILES string of the molecule is Cc1cccc(OC(C)C(=O)N2CCN(Cc3cccnc3)CC2)c1. The molecule has 5 nitrogen and oxygen atoms in total. The predicted molar refractivity (Wildman–Crippen MR) is 97.4 cm³/mol. The number of hydrogen-bond acceptors (Lipinski definition) is 4. The molecule has 0 spiro atoms. The van der Waals surface area contributed by atoms with Crippen LogP contribution in [-0.2, 0) is 11.3 Å². The first-order valence-electron chi connectivity index (χ1n) is 8.75. The normalized spacial score (nSPS) is 16.5. The van der Waals surface area contributed by atoms with Gasteiger partial charge in [0.1, 0.15) is 5.75 Å². The van der Waals surface area contributed by atoms with E-state index in [0.29, 0.717) is 0 Å². The Morgan fingerprint density at radius 2 is 2.00 bits per heavy atom. The molecule has 3 rings (SSSR count). The Kier molecular flexibility index (Phi) is 5.66. The Labute approximate surface area is 149 Å². The number of carbonyl (C=O) groups excluding carboxylic acids is 1. The van der Waals surface area contributed by atoms with Gasteiger partial charge in [0.05, 0.1) is 0 Å². The van der Waals surface area contributed by atoms with E-state index in [1.807, 2.05) is 55.3 Å². The fraction of sp³-hybridized carbons (Fsp3) is 0.400. The minimum absolute atomic E-state index is 0.0579. The summed E-state index contributed by atoms with van der Waals surface area (Å²) in [5, 5.41) is 0. The second-order valence-electron chi connectivity index (χ2n) is 6.54. The first-order chi connectivity index (χ1) is 12.1. The van der Waals surface area contributed by atoms with Crippen LogP contribution in [0.1, 0.15) is 18.1 Å². The lowest BCUT2D eigenvalue weighted by molar-refractivity contribution is -0.139. The quantitative estimate of drug-likeness (QED) is 0.840. The summed E-state index contributed by atoms with van der Waals surface area (Å²) in [6.07, 6.45) is 3.22. The van der Waals surface area contributed by atoms with Gasteiger partial charge in [-0.3, -0.25) is 14.7 Å². The van der Waals surface area contributed by atoms with Crippen molar-refractivity contribution in [2.75, 3.05) is 26.2 Å². The van der Waals surface area contributed by atoms with E-state index in [-0.39, 0.29) is 5.91 Å². The molecule has 1 saturated heterocycles. The van der Waals surface area contributed by atoms with Crippen LogP contribution in [0.15, 0.2) is 48.8 Å². The summed E-state index contributed by atoms with van der Waals surface area (Å²) in [4.78, 5) is 21.0. The number of nitrogens with zero attached hydrogens (tertiary/aromatic N) is 3. The number of rotatable bonds is 5. The number of benzene rings is 1. The predicted octanol–water partition coefficient (Wildman–Crippen LogP) is 2.50. The molecule has 25 heavy (non-hydrogen) atoms. The van der Waals surface area contributed by atoms with Gasteiger partial charge in [0, 0.05) is 45.1 Å². The van der Waals surface area contributed by atoms with Crippen molar-refractivity contribution in [1.29, 1.82) is 0 Å². The smallest absolute Gasteiger partial charge is 0.263 e. The summed E-state index contributed by atoms with van der Waals surface area (Å²) < 4.78 is 5.82. The van der Waals surface area contributed by atoms with E-state index in [4.69, 9.17) is 4.74 Å². The van der Waals surface area contributed by atoms with Gasteiger partial charge < -0.3 is 9.64 Å². The number of ether oxygens (including phenoxy) is 1. The van der Waals surface area contributed by atoms with Crippen molar-refractivity contribution in [2.45, 2.75) is 26.5 Å². The lowest BCUT2D eigenvalue weighted by Gasteiger charge is -2.35. The molecule has 0 bridgehead atoms. The van der Waals surface area contributed by atoms with Crippen molar-refractivity contribution >= 4 is 5.91 Å². The second kappa shape index (κ2) is 8.12. The zero-order chi connectivity index (χ0) is 17.6. The summed E-state index contributed by atoms with van der Waals surface area (Å²) in [7, 11) is 0. The van der Waals surface area contributed by atoms with Crippen molar-refractivity contribution in [3.8, 4) is 5.75 Å². The van der Waals surface area contributed by atoms with Crippen LogP contribution in [0.5, 0.6) is 5.75 Å². The molecule has 5 heteroatoms. The molecule has 0 N–H and O–H groups in total. The summed E-state index contributed by atoms with van der Waals surface area (Å²) in [5.74, 6) is 0.804. The van der Waals surface area contributed by atoms with Crippen LogP contribution in [-0.4, -0.2) is 53.0 Å². The van der Waals surface area contributed by atoms with Gasteiger partial charge in [-0.2, -0.15) is 0 Å². The number of aromatic nitrogens is 1. The average Bonchev–Trinajstić information content (AvgIpc) is 2.62. The molecule has 0 saturated carbocycles. The number of carbonyl (C=O) groups is 1. The molecule has 1 aliphatic heterocycles. The third-order valence-electron chi connectivity index (χ3n) is 4.46. The Balaban J connectivity index is 1.49. The van der Waals surface area contributed by atoms with Crippen LogP contribution in [0.3, 0.4) is 0 Å². The molecular formula is C20H25N3O2. The van der Waals surface area contributed by atoms with Crippen LogP contribution in [0, 0.1) is 6.92 Å². The first kappa shape index (κ1) is 17.4. The van der Waals surface area contributed by atoms with E-state index in [1.54, 1.807) is 6.20 Å². The van der Waals surface area contributed by atoms with Gasteiger partial charge in [0.15, 0.2) is 6.10 Å². The van der Waals surface area contributed by atoms with E-state index in [2.05, 4.69) is 16.0 Å². The third kappa shape index (κ3) is 4.79. The number of piperazine rings is 1. The Morgan fingerprint density at radius 3 is 2.68 bits per heavy atom. The zero-order valence-corrected chi connectivity index (χ0v) is 14.9. The minimum atomic E-state index is -0.466. The Morgan fingerprint density at radius 1 is 1.20 bits per heavy atom. The standard InChI is InChI=1S/C20H25N3O2/c1-16-5-3-7-19(13-16)25-17(2)20(24)23-11-9-22(10-12-23)15-18-6-4-8-21-14-18/h3-8,13-14,17H,9-12,15H2,1-2H3. The van der Waals surface area contributed by atoms with E-state index in [9.17, 15) is 4.79 Å². The minimum Gasteiger partial charge on any atom is -0.481 e. The molecule has 132 valence electrons. The van der Waals surface area contributed by atoms with E-state index in [1.165, 1.54) is 5.56 Å². The van der Waals surface area contributed by atoms with Gasteiger partial charge in [-0.1, -0.05) is 18.2 Å². The number of aryl methyl sites for hydroxylation is 1. The van der Waals surface area contributed by atoms with Crippen LogP contribution >= 0.6 is 0 Å². The Bertz CT molecular complexity index is 697. The number of hydrogen-bond donors (Lipinski definition) is 0. The van der Waals surface area contributed by atoms with Gasteiger partial charge in [0.25, 0.3) is 5.91 Å². The summed E-state index contributed by atoms with van der Waals surface area (Å²) in [6.45, 7) is 7.94. The highest BCUT2D eigenvalue weighted by Gasteiger charge is 2.26. The van der Waals surface area contributed by atoms with Crippen molar-refractivity contribution in [3.05, 3.63) is 59.9 Å². The molecule has 1 aromatic heterocycles. The molecular weight excluding hydrogens is 314 g/mol. The van der Waals surface area contributed by atoms with E-state index >= 15 is 0 Å². The topological polar surface area (TPSA) is 45.7 Å². The number of pyridine rings is 1. The molecule has 1 unspecified atom stereocenters. The van der Waals surface area contributed by atoms with Crippen molar-refractivity contribution in [2.24, 2.45) is 0 Å². The molecule has 2 heterocycles. The molecule has 0 aliphatic carbocycles. The Hall–Kier alpha value is -2.40. The maximum Gasteiger partial charge on any atom is 0.263 e. The summed E-state index contributed by atoms with van der Waals surface area (Å²) in [6, 6.07) is 11.8.